The summed E-state index contributed by atoms with van der Waals surface area (Å²) < 4.78 is 5.10. The molecule has 0 spiro atoms. The largest absolute Gasteiger partial charge is 0.504 e. The number of Topliss-reactive ketones (excluding diaryl/α,β-unsaturated/α-hetero) is 1. The van der Waals surface area contributed by atoms with E-state index >= 15 is 0 Å². The van der Waals surface area contributed by atoms with E-state index in [-0.39, 0.29) is 11.5 Å². The van der Waals surface area contributed by atoms with Crippen LogP contribution in [0.15, 0.2) is 18.2 Å². The predicted molar refractivity (Wildman–Crippen MR) is 69.6 cm³/mol. The van der Waals surface area contributed by atoms with Crippen molar-refractivity contribution < 1.29 is 14.6 Å². The van der Waals surface area contributed by atoms with Gasteiger partial charge in [0.15, 0.2) is 17.3 Å². The molecule has 1 N–H and O–H groups in total. The summed E-state index contributed by atoms with van der Waals surface area (Å²) in [6.07, 6.45) is 1.40. The number of carbonyl (C=O) groups is 1. The lowest BCUT2D eigenvalue weighted by atomic mass is 9.96. The van der Waals surface area contributed by atoms with Crippen LogP contribution in [-0.2, 0) is 6.42 Å². The molecule has 0 aromatic heterocycles. The minimum absolute atomic E-state index is 0.136. The second-order valence-corrected chi connectivity index (χ2v) is 4.70. The summed E-state index contributed by atoms with van der Waals surface area (Å²) >= 11 is 0. The number of hydrogen-bond donors (Lipinski definition) is 1. The Morgan fingerprint density at radius 3 is 2.72 bits per heavy atom. The van der Waals surface area contributed by atoms with E-state index in [4.69, 9.17) is 4.74 Å². The second kappa shape index (κ2) is 3.73. The maximum atomic E-state index is 11.8. The first kappa shape index (κ1) is 11.1. The molecule has 0 saturated heterocycles. The zero-order valence-corrected chi connectivity index (χ0v) is 10.4. The second-order valence-electron chi connectivity index (χ2n) is 4.70. The third-order valence-electron chi connectivity index (χ3n) is 3.74. The molecule has 0 aliphatic heterocycles. The number of benzene rings is 2. The van der Waals surface area contributed by atoms with Gasteiger partial charge in [-0.1, -0.05) is 0 Å². The Morgan fingerprint density at radius 2 is 2.00 bits per heavy atom. The van der Waals surface area contributed by atoms with Gasteiger partial charge in [-0.25, -0.2) is 0 Å². The van der Waals surface area contributed by atoms with Gasteiger partial charge < -0.3 is 9.84 Å². The zero-order chi connectivity index (χ0) is 12.9. The van der Waals surface area contributed by atoms with Crippen molar-refractivity contribution in [3.05, 3.63) is 34.9 Å². The molecule has 0 fully saturated rings. The number of methoxy groups -OCH3 is 1. The lowest BCUT2D eigenvalue weighted by Gasteiger charge is -2.11. The molecule has 0 radical (unpaired) electrons. The van der Waals surface area contributed by atoms with Crippen LogP contribution >= 0.6 is 0 Å². The fourth-order valence-electron chi connectivity index (χ4n) is 2.74. The molecule has 0 saturated carbocycles. The maximum Gasteiger partial charge on any atom is 0.163 e. The highest BCUT2D eigenvalue weighted by Crippen LogP contribution is 2.37. The quantitative estimate of drug-likeness (QED) is 0.836. The summed E-state index contributed by atoms with van der Waals surface area (Å²) in [4.78, 5) is 11.8. The van der Waals surface area contributed by atoms with Crippen molar-refractivity contribution in [1.29, 1.82) is 0 Å². The van der Waals surface area contributed by atoms with Gasteiger partial charge in [-0.15, -0.1) is 0 Å². The summed E-state index contributed by atoms with van der Waals surface area (Å²) in [5, 5.41) is 11.8. The van der Waals surface area contributed by atoms with E-state index in [1.165, 1.54) is 7.11 Å². The SMILES string of the molecule is COc1cc2cc3c(c(C)c2cc1O)CCC3=O. The first-order chi connectivity index (χ1) is 8.61. The number of fused-ring (bicyclic) bond motifs is 2. The average Bonchev–Trinajstić information content (AvgIpc) is 2.72. The third-order valence-corrected chi connectivity index (χ3v) is 3.74. The van der Waals surface area contributed by atoms with Crippen LogP contribution in [0, 0.1) is 6.92 Å². The zero-order valence-electron chi connectivity index (χ0n) is 10.4. The Balaban J connectivity index is 2.38. The molecule has 0 amide bonds. The molecule has 3 rings (SSSR count). The van der Waals surface area contributed by atoms with Gasteiger partial charge in [-0.2, -0.15) is 0 Å². The van der Waals surface area contributed by atoms with E-state index in [2.05, 4.69) is 0 Å². The molecular weight excluding hydrogens is 228 g/mol. The molecule has 3 nitrogen and oxygen atoms in total. The first-order valence-corrected chi connectivity index (χ1v) is 5.98. The average molecular weight is 242 g/mol. The van der Waals surface area contributed by atoms with Gasteiger partial charge in [0.2, 0.25) is 0 Å². The van der Waals surface area contributed by atoms with Crippen LogP contribution in [0.1, 0.15) is 27.9 Å². The number of aromatic hydroxyl groups is 1. The van der Waals surface area contributed by atoms with E-state index in [1.807, 2.05) is 13.0 Å². The fourth-order valence-corrected chi connectivity index (χ4v) is 2.74. The Bertz CT molecular complexity index is 671. The van der Waals surface area contributed by atoms with Gasteiger partial charge in [0.25, 0.3) is 0 Å². The molecule has 1 aliphatic carbocycles. The summed E-state index contributed by atoms with van der Waals surface area (Å²) in [5.74, 6) is 0.784. The Morgan fingerprint density at radius 1 is 1.22 bits per heavy atom. The number of phenols is 1. The first-order valence-electron chi connectivity index (χ1n) is 5.98. The third kappa shape index (κ3) is 1.40. The van der Waals surface area contributed by atoms with E-state index in [0.29, 0.717) is 12.2 Å². The lowest BCUT2D eigenvalue weighted by molar-refractivity contribution is 0.0994. The highest BCUT2D eigenvalue weighted by molar-refractivity contribution is 6.05. The molecule has 2 aromatic carbocycles. The number of ketones is 1. The van der Waals surface area contributed by atoms with E-state index in [1.54, 1.807) is 12.1 Å². The van der Waals surface area contributed by atoms with E-state index < -0.39 is 0 Å². The summed E-state index contributed by atoms with van der Waals surface area (Å²) in [5.41, 5.74) is 3.04. The maximum absolute atomic E-state index is 11.8. The fraction of sp³-hybridized carbons (Fsp3) is 0.267. The van der Waals surface area contributed by atoms with Crippen molar-refractivity contribution in [2.24, 2.45) is 0 Å². The smallest absolute Gasteiger partial charge is 0.163 e. The van der Waals surface area contributed by atoms with Crippen LogP contribution < -0.4 is 4.74 Å². The van der Waals surface area contributed by atoms with Gasteiger partial charge in [0.1, 0.15) is 0 Å². The minimum Gasteiger partial charge on any atom is -0.504 e. The number of rotatable bonds is 1. The molecule has 2 aromatic rings. The topological polar surface area (TPSA) is 46.5 Å². The number of carbonyl (C=O) groups excluding carboxylic acids is 1. The molecular formula is C15H14O3. The highest BCUT2D eigenvalue weighted by atomic mass is 16.5. The molecule has 0 atom stereocenters. The van der Waals surface area contributed by atoms with Crippen LogP contribution in [0.2, 0.25) is 0 Å². The predicted octanol–water partition coefficient (Wildman–Crippen LogP) is 2.99. The van der Waals surface area contributed by atoms with Crippen molar-refractivity contribution in [2.45, 2.75) is 19.8 Å². The van der Waals surface area contributed by atoms with Gasteiger partial charge in [0, 0.05) is 12.0 Å². The summed E-state index contributed by atoms with van der Waals surface area (Å²) in [6, 6.07) is 5.41. The van der Waals surface area contributed by atoms with Crippen molar-refractivity contribution in [2.75, 3.05) is 7.11 Å². The van der Waals surface area contributed by atoms with E-state index in [0.717, 1.165) is 33.9 Å². The van der Waals surface area contributed by atoms with Crippen LogP contribution in [-0.4, -0.2) is 18.0 Å². The van der Waals surface area contributed by atoms with Gasteiger partial charge in [0.05, 0.1) is 7.11 Å². The molecule has 0 unspecified atom stereocenters. The Kier molecular flexibility index (Phi) is 2.30. The minimum atomic E-state index is 0.136. The van der Waals surface area contributed by atoms with Gasteiger partial charge in [-0.3, -0.25) is 4.79 Å². The van der Waals surface area contributed by atoms with Gasteiger partial charge in [-0.05, 0) is 53.4 Å². The Labute approximate surface area is 105 Å². The van der Waals surface area contributed by atoms with Gasteiger partial charge >= 0.3 is 0 Å². The molecule has 92 valence electrons. The standard InChI is InChI=1S/C15H14O3/c1-8-10-3-4-13(16)12(10)5-9-6-15(18-2)14(17)7-11(8)9/h5-7,17H,3-4H2,1-2H3. The van der Waals surface area contributed by atoms with Crippen LogP contribution in [0.25, 0.3) is 10.8 Å². The monoisotopic (exact) mass is 242 g/mol. The van der Waals surface area contributed by atoms with Crippen LogP contribution in [0.4, 0.5) is 0 Å². The number of hydrogen-bond acceptors (Lipinski definition) is 3. The number of aryl methyl sites for hydroxylation is 1. The lowest BCUT2D eigenvalue weighted by Crippen LogP contribution is -1.94. The molecule has 3 heteroatoms. The van der Waals surface area contributed by atoms with E-state index in [9.17, 15) is 9.90 Å². The molecule has 1 aliphatic rings. The van der Waals surface area contributed by atoms with Crippen molar-refractivity contribution in [1.82, 2.24) is 0 Å². The normalized spacial score (nSPS) is 14.0. The summed E-state index contributed by atoms with van der Waals surface area (Å²) in [7, 11) is 1.52. The molecule has 18 heavy (non-hydrogen) atoms. The number of phenolic OH excluding ortho intramolecular Hbond substituents is 1. The highest BCUT2D eigenvalue weighted by Gasteiger charge is 2.23. The van der Waals surface area contributed by atoms with Crippen LogP contribution in [0.5, 0.6) is 11.5 Å². The van der Waals surface area contributed by atoms with Crippen molar-refractivity contribution in [3.8, 4) is 11.5 Å². The molecule has 0 heterocycles. The van der Waals surface area contributed by atoms with Crippen molar-refractivity contribution in [3.63, 3.8) is 0 Å². The molecule has 0 bridgehead atoms. The van der Waals surface area contributed by atoms with Crippen LogP contribution in [0.3, 0.4) is 0 Å². The summed E-state index contributed by atoms with van der Waals surface area (Å²) in [6.45, 7) is 2.01. The van der Waals surface area contributed by atoms with Crippen molar-refractivity contribution >= 4 is 16.6 Å². The number of ether oxygens (including phenoxy) is 1. The Hall–Kier alpha value is -2.03.